The lowest BCUT2D eigenvalue weighted by Gasteiger charge is -2.25. The van der Waals surface area contributed by atoms with Crippen molar-refractivity contribution in [3.8, 4) is 11.5 Å². The first-order valence-electron chi connectivity index (χ1n) is 7.04. The van der Waals surface area contributed by atoms with Gasteiger partial charge in [0.2, 0.25) is 0 Å². The van der Waals surface area contributed by atoms with Gasteiger partial charge in [0.1, 0.15) is 6.10 Å². The fourth-order valence-electron chi connectivity index (χ4n) is 2.28. The number of nitrogens with two attached hydrogens (primary N) is 1. The Morgan fingerprint density at radius 2 is 2.11 bits per heavy atom. The lowest BCUT2D eigenvalue weighted by Crippen LogP contribution is -2.26. The summed E-state index contributed by atoms with van der Waals surface area (Å²) in [6.45, 7) is 4.77. The molecule has 1 saturated heterocycles. The topological polar surface area (TPSA) is 53.7 Å². The zero-order valence-electron chi connectivity index (χ0n) is 11.6. The number of para-hydroxylation sites is 1. The van der Waals surface area contributed by atoms with Crippen molar-refractivity contribution in [2.45, 2.75) is 32.3 Å². The molecule has 0 amide bonds. The summed E-state index contributed by atoms with van der Waals surface area (Å²) in [5.41, 5.74) is 6.80. The minimum atomic E-state index is 0.215. The second-order valence-corrected chi connectivity index (χ2v) is 4.65. The SMILES string of the molecule is CCOc1cccc(CCN)c1OC1CCOCC1. The monoisotopic (exact) mass is 265 g/mol. The highest BCUT2D eigenvalue weighted by Gasteiger charge is 2.19. The van der Waals surface area contributed by atoms with Gasteiger partial charge in [-0.15, -0.1) is 0 Å². The van der Waals surface area contributed by atoms with Crippen LogP contribution in [0.1, 0.15) is 25.3 Å². The van der Waals surface area contributed by atoms with E-state index in [0.29, 0.717) is 13.2 Å². The van der Waals surface area contributed by atoms with E-state index in [-0.39, 0.29) is 6.10 Å². The highest BCUT2D eigenvalue weighted by atomic mass is 16.5. The maximum absolute atomic E-state index is 6.16. The lowest BCUT2D eigenvalue weighted by atomic mass is 10.1. The number of ether oxygens (including phenoxy) is 3. The number of rotatable bonds is 6. The van der Waals surface area contributed by atoms with Gasteiger partial charge in [-0.3, -0.25) is 0 Å². The largest absolute Gasteiger partial charge is 0.490 e. The van der Waals surface area contributed by atoms with Gasteiger partial charge in [0.05, 0.1) is 19.8 Å². The summed E-state index contributed by atoms with van der Waals surface area (Å²) in [5.74, 6) is 1.68. The molecule has 106 valence electrons. The van der Waals surface area contributed by atoms with Crippen molar-refractivity contribution >= 4 is 0 Å². The fourth-order valence-corrected chi connectivity index (χ4v) is 2.28. The van der Waals surface area contributed by atoms with Gasteiger partial charge in [0.25, 0.3) is 0 Å². The van der Waals surface area contributed by atoms with Crippen molar-refractivity contribution in [2.75, 3.05) is 26.4 Å². The zero-order valence-corrected chi connectivity index (χ0v) is 11.6. The van der Waals surface area contributed by atoms with Gasteiger partial charge in [0, 0.05) is 12.8 Å². The van der Waals surface area contributed by atoms with E-state index in [4.69, 9.17) is 19.9 Å². The summed E-state index contributed by atoms with van der Waals surface area (Å²) in [6.07, 6.45) is 2.89. The molecule has 0 spiro atoms. The fraction of sp³-hybridized carbons (Fsp3) is 0.600. The second kappa shape index (κ2) is 7.36. The van der Waals surface area contributed by atoms with E-state index in [9.17, 15) is 0 Å². The van der Waals surface area contributed by atoms with Crippen LogP contribution >= 0.6 is 0 Å². The van der Waals surface area contributed by atoms with E-state index >= 15 is 0 Å². The van der Waals surface area contributed by atoms with Gasteiger partial charge in [-0.1, -0.05) is 12.1 Å². The van der Waals surface area contributed by atoms with Gasteiger partial charge in [-0.25, -0.2) is 0 Å². The highest BCUT2D eigenvalue weighted by Crippen LogP contribution is 2.33. The Hall–Kier alpha value is -1.26. The van der Waals surface area contributed by atoms with Gasteiger partial charge in [0.15, 0.2) is 11.5 Å². The number of hydrogen-bond acceptors (Lipinski definition) is 4. The van der Waals surface area contributed by atoms with Crippen molar-refractivity contribution in [3.63, 3.8) is 0 Å². The molecule has 0 aliphatic carbocycles. The summed E-state index contributed by atoms with van der Waals surface area (Å²) in [7, 11) is 0. The molecule has 19 heavy (non-hydrogen) atoms. The van der Waals surface area contributed by atoms with Gasteiger partial charge in [-0.2, -0.15) is 0 Å². The molecule has 0 unspecified atom stereocenters. The average Bonchev–Trinajstić information content (AvgIpc) is 2.44. The summed E-state index contributed by atoms with van der Waals surface area (Å²) < 4.78 is 17.2. The summed E-state index contributed by atoms with van der Waals surface area (Å²) in [4.78, 5) is 0. The second-order valence-electron chi connectivity index (χ2n) is 4.65. The van der Waals surface area contributed by atoms with Gasteiger partial charge >= 0.3 is 0 Å². The number of hydrogen-bond donors (Lipinski definition) is 1. The molecule has 1 heterocycles. The van der Waals surface area contributed by atoms with Crippen LogP contribution in [0.5, 0.6) is 11.5 Å². The molecule has 0 radical (unpaired) electrons. The molecule has 0 bridgehead atoms. The Balaban J connectivity index is 2.17. The maximum Gasteiger partial charge on any atom is 0.164 e. The van der Waals surface area contributed by atoms with Crippen LogP contribution in [0.2, 0.25) is 0 Å². The van der Waals surface area contributed by atoms with Crippen LogP contribution in [0.25, 0.3) is 0 Å². The van der Waals surface area contributed by atoms with E-state index in [0.717, 1.165) is 49.5 Å². The molecular formula is C15H23NO3. The van der Waals surface area contributed by atoms with Crippen LogP contribution < -0.4 is 15.2 Å². The molecule has 1 aliphatic rings. The van der Waals surface area contributed by atoms with Crippen molar-refractivity contribution in [2.24, 2.45) is 5.73 Å². The molecule has 2 rings (SSSR count). The minimum Gasteiger partial charge on any atom is -0.490 e. The van der Waals surface area contributed by atoms with Gasteiger partial charge < -0.3 is 19.9 Å². The van der Waals surface area contributed by atoms with Crippen LogP contribution in [0, 0.1) is 0 Å². The Bertz CT molecular complexity index is 365. The van der Waals surface area contributed by atoms with Gasteiger partial charge in [-0.05, 0) is 31.5 Å². The molecule has 1 fully saturated rings. The van der Waals surface area contributed by atoms with Crippen molar-refractivity contribution < 1.29 is 14.2 Å². The Labute approximate surface area is 114 Å². The first-order valence-corrected chi connectivity index (χ1v) is 7.04. The first-order chi connectivity index (χ1) is 9.35. The summed E-state index contributed by atoms with van der Waals surface area (Å²) in [6, 6.07) is 6.01. The van der Waals surface area contributed by atoms with Crippen molar-refractivity contribution in [3.05, 3.63) is 23.8 Å². The van der Waals surface area contributed by atoms with E-state index in [1.807, 2.05) is 19.1 Å². The third-order valence-corrected chi connectivity index (χ3v) is 3.23. The Morgan fingerprint density at radius 1 is 1.32 bits per heavy atom. The van der Waals surface area contributed by atoms with Crippen molar-refractivity contribution in [1.29, 1.82) is 0 Å². The molecule has 1 aliphatic heterocycles. The van der Waals surface area contributed by atoms with Crippen LogP contribution in [0.15, 0.2) is 18.2 Å². The normalized spacial score (nSPS) is 16.3. The van der Waals surface area contributed by atoms with E-state index in [1.54, 1.807) is 0 Å². The molecular weight excluding hydrogens is 242 g/mol. The number of benzene rings is 1. The molecule has 1 aromatic rings. The van der Waals surface area contributed by atoms with Crippen LogP contribution in [0.4, 0.5) is 0 Å². The van der Waals surface area contributed by atoms with E-state index in [1.165, 1.54) is 0 Å². The molecule has 0 aromatic heterocycles. The zero-order chi connectivity index (χ0) is 13.5. The molecule has 1 aromatic carbocycles. The Kier molecular flexibility index (Phi) is 5.48. The smallest absolute Gasteiger partial charge is 0.164 e. The first kappa shape index (κ1) is 14.2. The highest BCUT2D eigenvalue weighted by molar-refractivity contribution is 5.47. The quantitative estimate of drug-likeness (QED) is 0.856. The molecule has 4 heteroatoms. The summed E-state index contributed by atoms with van der Waals surface area (Å²) >= 11 is 0. The predicted octanol–water partition coefficient (Wildman–Crippen LogP) is 2.14. The lowest BCUT2D eigenvalue weighted by molar-refractivity contribution is 0.0239. The maximum atomic E-state index is 6.16. The van der Waals surface area contributed by atoms with E-state index in [2.05, 4.69) is 6.07 Å². The molecule has 0 saturated carbocycles. The molecule has 2 N–H and O–H groups in total. The third-order valence-electron chi connectivity index (χ3n) is 3.23. The average molecular weight is 265 g/mol. The molecule has 0 atom stereocenters. The predicted molar refractivity (Wildman–Crippen MR) is 74.8 cm³/mol. The van der Waals surface area contributed by atoms with Crippen LogP contribution in [0.3, 0.4) is 0 Å². The standard InChI is InChI=1S/C15H23NO3/c1-2-18-14-5-3-4-12(6-9-16)15(14)19-13-7-10-17-11-8-13/h3-5,13H,2,6-11,16H2,1H3. The van der Waals surface area contributed by atoms with Crippen molar-refractivity contribution in [1.82, 2.24) is 0 Å². The van der Waals surface area contributed by atoms with E-state index < -0.39 is 0 Å². The molecule has 4 nitrogen and oxygen atoms in total. The Morgan fingerprint density at radius 3 is 2.79 bits per heavy atom. The van der Waals surface area contributed by atoms with Crippen LogP contribution in [-0.4, -0.2) is 32.5 Å². The third kappa shape index (κ3) is 3.85. The minimum absolute atomic E-state index is 0.215. The summed E-state index contributed by atoms with van der Waals surface area (Å²) in [5, 5.41) is 0. The van der Waals surface area contributed by atoms with Crippen LogP contribution in [-0.2, 0) is 11.2 Å².